The lowest BCUT2D eigenvalue weighted by molar-refractivity contribution is -0.136. The summed E-state index contributed by atoms with van der Waals surface area (Å²) >= 11 is 13.9. The lowest BCUT2D eigenvalue weighted by atomic mass is 9.94. The number of esters is 1. The van der Waals surface area contributed by atoms with E-state index in [9.17, 15) is 4.79 Å². The number of aliphatic imine (C=N–C) groups is 1. The Balaban J connectivity index is 2.14. The fourth-order valence-corrected chi connectivity index (χ4v) is 4.20. The van der Waals surface area contributed by atoms with E-state index in [0.717, 1.165) is 29.4 Å². The zero-order chi connectivity index (χ0) is 16.6. The molecule has 0 N–H and O–H groups in total. The largest absolute Gasteiger partial charge is 0.466 e. The third kappa shape index (κ3) is 3.10. The van der Waals surface area contributed by atoms with Crippen LogP contribution in [0.4, 0.5) is 0 Å². The van der Waals surface area contributed by atoms with Crippen LogP contribution in [0.15, 0.2) is 34.5 Å². The minimum Gasteiger partial charge on any atom is -0.466 e. The third-order valence-corrected chi connectivity index (χ3v) is 5.74. The fraction of sp³-hybridized carbons (Fsp3) is 0.375. The first kappa shape index (κ1) is 16.7. The lowest BCUT2D eigenvalue weighted by Gasteiger charge is -2.40. The van der Waals surface area contributed by atoms with Gasteiger partial charge in [-0.2, -0.15) is 0 Å². The number of hydrogen-bond acceptors (Lipinski definition) is 5. The molecule has 1 saturated heterocycles. The van der Waals surface area contributed by atoms with E-state index < -0.39 is 0 Å². The van der Waals surface area contributed by atoms with E-state index in [4.69, 9.17) is 27.9 Å². The molecule has 7 heteroatoms. The average Bonchev–Trinajstić information content (AvgIpc) is 2.55. The van der Waals surface area contributed by atoms with Crippen molar-refractivity contribution in [2.75, 3.05) is 19.4 Å². The first-order valence-electron chi connectivity index (χ1n) is 7.25. The van der Waals surface area contributed by atoms with Gasteiger partial charge in [-0.05, 0) is 31.0 Å². The average molecular weight is 371 g/mol. The smallest absolute Gasteiger partial charge is 0.338 e. The molecule has 0 unspecified atom stereocenters. The van der Waals surface area contributed by atoms with E-state index in [1.54, 1.807) is 17.8 Å². The predicted molar refractivity (Wildman–Crippen MR) is 95.1 cm³/mol. The summed E-state index contributed by atoms with van der Waals surface area (Å²) < 4.78 is 4.99. The van der Waals surface area contributed by atoms with Crippen molar-refractivity contribution in [1.29, 1.82) is 0 Å². The number of thioether (sulfide) groups is 1. The van der Waals surface area contributed by atoms with Crippen molar-refractivity contribution < 1.29 is 9.53 Å². The highest BCUT2D eigenvalue weighted by atomic mass is 35.5. The van der Waals surface area contributed by atoms with Crippen molar-refractivity contribution >= 4 is 46.1 Å². The van der Waals surface area contributed by atoms with Crippen molar-refractivity contribution in [2.24, 2.45) is 4.99 Å². The summed E-state index contributed by atoms with van der Waals surface area (Å²) in [5, 5.41) is 1.91. The van der Waals surface area contributed by atoms with Gasteiger partial charge in [0.15, 0.2) is 5.17 Å². The summed E-state index contributed by atoms with van der Waals surface area (Å²) in [6.07, 6.45) is 1.04. The molecule has 2 heterocycles. The van der Waals surface area contributed by atoms with Gasteiger partial charge in [0.05, 0.1) is 34.5 Å². The number of nitrogens with zero attached hydrogens (tertiary/aromatic N) is 2. The van der Waals surface area contributed by atoms with Gasteiger partial charge in [0.25, 0.3) is 0 Å². The number of hydrogen-bond donors (Lipinski definition) is 0. The Labute approximate surface area is 149 Å². The first-order valence-corrected chi connectivity index (χ1v) is 8.99. The molecule has 0 radical (unpaired) electrons. The number of methoxy groups -OCH3 is 1. The minimum absolute atomic E-state index is 0.252. The number of amidine groups is 1. The number of benzene rings is 1. The monoisotopic (exact) mass is 370 g/mol. The van der Waals surface area contributed by atoms with Crippen LogP contribution in [0.1, 0.15) is 24.9 Å². The van der Waals surface area contributed by atoms with Gasteiger partial charge in [0.2, 0.25) is 0 Å². The second-order valence-electron chi connectivity index (χ2n) is 5.36. The van der Waals surface area contributed by atoms with Crippen LogP contribution in [0.2, 0.25) is 10.0 Å². The number of halogens is 2. The van der Waals surface area contributed by atoms with Gasteiger partial charge in [-0.3, -0.25) is 0 Å². The Morgan fingerprint density at radius 1 is 1.39 bits per heavy atom. The minimum atomic E-state index is -0.364. The van der Waals surface area contributed by atoms with E-state index in [1.807, 2.05) is 19.1 Å². The van der Waals surface area contributed by atoms with Gasteiger partial charge in [-0.15, -0.1) is 0 Å². The zero-order valence-corrected chi connectivity index (χ0v) is 15.1. The molecule has 3 rings (SSSR count). The highest BCUT2D eigenvalue weighted by Gasteiger charge is 2.37. The topological polar surface area (TPSA) is 41.9 Å². The molecule has 0 spiro atoms. The molecule has 4 nitrogen and oxygen atoms in total. The van der Waals surface area contributed by atoms with E-state index in [0.29, 0.717) is 21.3 Å². The molecule has 23 heavy (non-hydrogen) atoms. The van der Waals surface area contributed by atoms with Crippen LogP contribution in [-0.4, -0.2) is 35.4 Å². The molecule has 2 aliphatic rings. The summed E-state index contributed by atoms with van der Waals surface area (Å²) in [6, 6.07) is 5.22. The molecule has 1 aromatic carbocycles. The van der Waals surface area contributed by atoms with Gasteiger partial charge in [-0.25, -0.2) is 9.79 Å². The molecular formula is C16H16Cl2N2O2S. The van der Waals surface area contributed by atoms with Crippen molar-refractivity contribution in [3.63, 3.8) is 0 Å². The molecule has 0 amide bonds. The normalized spacial score (nSPS) is 21.0. The molecule has 122 valence electrons. The van der Waals surface area contributed by atoms with Crippen LogP contribution in [0.5, 0.6) is 0 Å². The maximum atomic E-state index is 12.3. The second-order valence-corrected chi connectivity index (χ2v) is 7.23. The number of fused-ring (bicyclic) bond motifs is 1. The molecule has 1 fully saturated rings. The summed E-state index contributed by atoms with van der Waals surface area (Å²) in [4.78, 5) is 19.1. The number of carbonyl (C=O) groups excluding carboxylic acids is 1. The number of carbonyl (C=O) groups is 1. The van der Waals surface area contributed by atoms with Crippen LogP contribution < -0.4 is 0 Å². The van der Waals surface area contributed by atoms with Gasteiger partial charge in [0, 0.05) is 12.3 Å². The Morgan fingerprint density at radius 2 is 2.17 bits per heavy atom. The molecule has 0 aliphatic carbocycles. The van der Waals surface area contributed by atoms with Crippen LogP contribution >= 0.6 is 35.0 Å². The highest BCUT2D eigenvalue weighted by Crippen LogP contribution is 2.41. The first-order chi connectivity index (χ1) is 11.0. The maximum Gasteiger partial charge on any atom is 0.338 e. The van der Waals surface area contributed by atoms with Crippen LogP contribution in [0.3, 0.4) is 0 Å². The molecule has 2 aliphatic heterocycles. The third-order valence-electron chi connectivity index (χ3n) is 3.92. The zero-order valence-electron chi connectivity index (χ0n) is 12.8. The summed E-state index contributed by atoms with van der Waals surface area (Å²) in [6.45, 7) is 2.68. The molecule has 0 saturated carbocycles. The number of allylic oxidation sites excluding steroid dienone is 1. The summed E-state index contributed by atoms with van der Waals surface area (Å²) in [5.41, 5.74) is 2.15. The highest BCUT2D eigenvalue weighted by molar-refractivity contribution is 8.13. The van der Waals surface area contributed by atoms with Crippen molar-refractivity contribution in [3.8, 4) is 0 Å². The lowest BCUT2D eigenvalue weighted by Crippen LogP contribution is -2.42. The summed E-state index contributed by atoms with van der Waals surface area (Å²) in [5.74, 6) is 0.668. The van der Waals surface area contributed by atoms with Crippen molar-refractivity contribution in [2.45, 2.75) is 19.4 Å². The van der Waals surface area contributed by atoms with Gasteiger partial charge < -0.3 is 9.64 Å². The van der Waals surface area contributed by atoms with Gasteiger partial charge in [0.1, 0.15) is 0 Å². The molecule has 1 atom stereocenters. The quantitative estimate of drug-likeness (QED) is 0.728. The second kappa shape index (κ2) is 6.75. The van der Waals surface area contributed by atoms with Crippen molar-refractivity contribution in [1.82, 2.24) is 4.90 Å². The maximum absolute atomic E-state index is 12.3. The predicted octanol–water partition coefficient (Wildman–Crippen LogP) is 4.29. The van der Waals surface area contributed by atoms with Crippen molar-refractivity contribution in [3.05, 3.63) is 45.1 Å². The molecule has 1 aromatic rings. The van der Waals surface area contributed by atoms with Crippen LogP contribution in [0, 0.1) is 0 Å². The Kier molecular flexibility index (Phi) is 4.90. The Hall–Kier alpha value is -1.17. The fourth-order valence-electron chi connectivity index (χ4n) is 2.87. The summed E-state index contributed by atoms with van der Waals surface area (Å²) in [7, 11) is 1.39. The van der Waals surface area contributed by atoms with E-state index in [-0.39, 0.29) is 12.0 Å². The van der Waals surface area contributed by atoms with E-state index >= 15 is 0 Å². The number of rotatable bonds is 2. The van der Waals surface area contributed by atoms with Crippen LogP contribution in [0.25, 0.3) is 0 Å². The van der Waals surface area contributed by atoms with Gasteiger partial charge in [-0.1, -0.05) is 41.0 Å². The SMILES string of the molecule is COC(=O)C1=C(C)N=C2SCCCN2[C@H]1c1ccc(Cl)c(Cl)c1. The van der Waals surface area contributed by atoms with Gasteiger partial charge >= 0.3 is 5.97 Å². The van der Waals surface area contributed by atoms with E-state index in [2.05, 4.69) is 9.89 Å². The standard InChI is InChI=1S/C16H16Cl2N2O2S/c1-9-13(15(21)22-2)14(10-4-5-11(17)12(18)8-10)20-6-3-7-23-16(20)19-9/h4-5,8,14H,3,6-7H2,1-2H3/t14-/m0/s1. The number of ether oxygens (including phenoxy) is 1. The van der Waals surface area contributed by atoms with Crippen LogP contribution in [-0.2, 0) is 9.53 Å². The molecule has 0 aromatic heterocycles. The van der Waals surface area contributed by atoms with E-state index in [1.165, 1.54) is 7.11 Å². The Morgan fingerprint density at radius 3 is 2.87 bits per heavy atom. The molecule has 0 bridgehead atoms. The Bertz CT molecular complexity index is 718. The molecular weight excluding hydrogens is 355 g/mol.